The maximum Gasteiger partial charge on any atom is 0.259 e. The van der Waals surface area contributed by atoms with E-state index in [0.29, 0.717) is 23.2 Å². The van der Waals surface area contributed by atoms with Gasteiger partial charge in [-0.3, -0.25) is 4.98 Å². The SMILES string of the molecule is CC(C)c1ccc(-c2noc(-c3cncc(O)c3)n2)cc1. The summed E-state index contributed by atoms with van der Waals surface area (Å²) >= 11 is 0. The molecule has 0 spiro atoms. The second-order valence-corrected chi connectivity index (χ2v) is 5.13. The van der Waals surface area contributed by atoms with Crippen LogP contribution in [0, 0.1) is 0 Å². The van der Waals surface area contributed by atoms with E-state index in [0.717, 1.165) is 5.56 Å². The highest BCUT2D eigenvalue weighted by Crippen LogP contribution is 2.25. The largest absolute Gasteiger partial charge is 0.506 e. The van der Waals surface area contributed by atoms with Gasteiger partial charge in [0.25, 0.3) is 5.89 Å². The summed E-state index contributed by atoms with van der Waals surface area (Å²) in [5, 5.41) is 13.4. The number of nitrogens with zero attached hydrogens (tertiary/aromatic N) is 3. The number of hydrogen-bond acceptors (Lipinski definition) is 5. The van der Waals surface area contributed by atoms with Gasteiger partial charge in [-0.1, -0.05) is 43.3 Å². The normalized spacial score (nSPS) is 11.0. The quantitative estimate of drug-likeness (QED) is 0.793. The average Bonchev–Trinajstić information content (AvgIpc) is 2.97. The zero-order valence-electron chi connectivity index (χ0n) is 11.8. The minimum Gasteiger partial charge on any atom is -0.506 e. The lowest BCUT2D eigenvalue weighted by molar-refractivity contribution is 0.431. The van der Waals surface area contributed by atoms with E-state index in [1.807, 2.05) is 12.1 Å². The lowest BCUT2D eigenvalue weighted by atomic mass is 10.0. The Kier molecular flexibility index (Phi) is 3.39. The molecule has 2 heterocycles. The Balaban J connectivity index is 1.91. The molecule has 0 unspecified atom stereocenters. The maximum absolute atomic E-state index is 9.43. The van der Waals surface area contributed by atoms with Crippen LogP contribution in [0.1, 0.15) is 25.3 Å². The van der Waals surface area contributed by atoms with Gasteiger partial charge in [0.15, 0.2) is 0 Å². The number of benzene rings is 1. The van der Waals surface area contributed by atoms with Crippen LogP contribution in [0.15, 0.2) is 47.2 Å². The Hall–Kier alpha value is -2.69. The molecule has 3 aromatic rings. The van der Waals surface area contributed by atoms with E-state index in [9.17, 15) is 5.11 Å². The first kappa shape index (κ1) is 13.3. The highest BCUT2D eigenvalue weighted by atomic mass is 16.5. The molecule has 0 saturated carbocycles. The fourth-order valence-corrected chi connectivity index (χ4v) is 2.02. The van der Waals surface area contributed by atoms with Gasteiger partial charge in [-0.05, 0) is 17.5 Å². The van der Waals surface area contributed by atoms with Crippen LogP contribution in [0.5, 0.6) is 5.75 Å². The van der Waals surface area contributed by atoms with Crippen molar-refractivity contribution in [3.8, 4) is 28.6 Å². The van der Waals surface area contributed by atoms with Gasteiger partial charge < -0.3 is 9.63 Å². The van der Waals surface area contributed by atoms with Crippen molar-refractivity contribution in [2.75, 3.05) is 0 Å². The molecule has 5 heteroatoms. The first-order chi connectivity index (χ1) is 10.1. The van der Waals surface area contributed by atoms with E-state index in [1.54, 1.807) is 6.20 Å². The summed E-state index contributed by atoms with van der Waals surface area (Å²) < 4.78 is 5.23. The summed E-state index contributed by atoms with van der Waals surface area (Å²) in [6, 6.07) is 9.61. The first-order valence-electron chi connectivity index (χ1n) is 6.72. The van der Waals surface area contributed by atoms with E-state index in [-0.39, 0.29) is 5.75 Å². The van der Waals surface area contributed by atoms with Crippen LogP contribution in [0.4, 0.5) is 0 Å². The van der Waals surface area contributed by atoms with E-state index in [1.165, 1.54) is 17.8 Å². The van der Waals surface area contributed by atoms with Gasteiger partial charge >= 0.3 is 0 Å². The second kappa shape index (κ2) is 5.36. The minimum atomic E-state index is 0.0635. The van der Waals surface area contributed by atoms with E-state index in [4.69, 9.17) is 4.52 Å². The van der Waals surface area contributed by atoms with Crippen LogP contribution < -0.4 is 0 Å². The Bertz CT molecular complexity index is 748. The molecule has 0 fully saturated rings. The van der Waals surface area contributed by atoms with Crippen LogP contribution in [-0.4, -0.2) is 20.2 Å². The molecule has 106 valence electrons. The standard InChI is InChI=1S/C16H15N3O2/c1-10(2)11-3-5-12(6-4-11)15-18-16(21-19-15)13-7-14(20)9-17-8-13/h3-10,20H,1-2H3. The Morgan fingerprint density at radius 1 is 1.05 bits per heavy atom. The van der Waals surface area contributed by atoms with Crippen molar-refractivity contribution >= 4 is 0 Å². The molecule has 2 aromatic heterocycles. The number of hydrogen-bond donors (Lipinski definition) is 1. The average molecular weight is 281 g/mol. The molecule has 0 aliphatic rings. The highest BCUT2D eigenvalue weighted by molar-refractivity contribution is 5.60. The van der Waals surface area contributed by atoms with Gasteiger partial charge in [0, 0.05) is 11.8 Å². The molecule has 1 N–H and O–H groups in total. The topological polar surface area (TPSA) is 72.0 Å². The molecule has 0 atom stereocenters. The Morgan fingerprint density at radius 2 is 1.81 bits per heavy atom. The molecule has 0 bridgehead atoms. The third kappa shape index (κ3) is 2.76. The summed E-state index contributed by atoms with van der Waals surface area (Å²) in [4.78, 5) is 8.23. The van der Waals surface area contributed by atoms with Gasteiger partial charge in [-0.15, -0.1) is 0 Å². The van der Waals surface area contributed by atoms with Gasteiger partial charge in [0.05, 0.1) is 11.8 Å². The molecule has 1 aromatic carbocycles. The lowest BCUT2D eigenvalue weighted by Crippen LogP contribution is -1.87. The van der Waals surface area contributed by atoms with Crippen LogP contribution >= 0.6 is 0 Å². The van der Waals surface area contributed by atoms with Gasteiger partial charge in [-0.25, -0.2) is 0 Å². The number of rotatable bonds is 3. The summed E-state index contributed by atoms with van der Waals surface area (Å²) in [5.74, 6) is 1.40. The third-order valence-corrected chi connectivity index (χ3v) is 3.23. The molecule has 5 nitrogen and oxygen atoms in total. The monoisotopic (exact) mass is 281 g/mol. The van der Waals surface area contributed by atoms with Gasteiger partial charge in [0.2, 0.25) is 5.82 Å². The predicted molar refractivity (Wildman–Crippen MR) is 78.7 cm³/mol. The number of aromatic nitrogens is 3. The number of pyridine rings is 1. The summed E-state index contributed by atoms with van der Waals surface area (Å²) in [6.07, 6.45) is 2.92. The summed E-state index contributed by atoms with van der Waals surface area (Å²) in [7, 11) is 0. The minimum absolute atomic E-state index is 0.0635. The zero-order valence-corrected chi connectivity index (χ0v) is 11.8. The molecular formula is C16H15N3O2. The van der Waals surface area contributed by atoms with Crippen molar-refractivity contribution < 1.29 is 9.63 Å². The number of aromatic hydroxyl groups is 1. The second-order valence-electron chi connectivity index (χ2n) is 5.13. The molecule has 0 aliphatic heterocycles. The van der Waals surface area contributed by atoms with Crippen LogP contribution in [-0.2, 0) is 0 Å². The summed E-state index contributed by atoms with van der Waals surface area (Å²) in [5.41, 5.74) is 2.75. The van der Waals surface area contributed by atoms with Crippen molar-refractivity contribution in [3.63, 3.8) is 0 Å². The van der Waals surface area contributed by atoms with Crippen molar-refractivity contribution in [1.29, 1.82) is 0 Å². The molecule has 3 rings (SSSR count). The molecule has 0 radical (unpaired) electrons. The van der Waals surface area contributed by atoms with E-state index < -0.39 is 0 Å². The summed E-state index contributed by atoms with van der Waals surface area (Å²) in [6.45, 7) is 4.30. The van der Waals surface area contributed by atoms with Crippen molar-refractivity contribution in [2.24, 2.45) is 0 Å². The van der Waals surface area contributed by atoms with Gasteiger partial charge in [0.1, 0.15) is 5.75 Å². The van der Waals surface area contributed by atoms with E-state index in [2.05, 4.69) is 41.1 Å². The van der Waals surface area contributed by atoms with Crippen LogP contribution in [0.3, 0.4) is 0 Å². The van der Waals surface area contributed by atoms with Crippen molar-refractivity contribution in [2.45, 2.75) is 19.8 Å². The van der Waals surface area contributed by atoms with E-state index >= 15 is 0 Å². The van der Waals surface area contributed by atoms with Crippen LogP contribution in [0.2, 0.25) is 0 Å². The highest BCUT2D eigenvalue weighted by Gasteiger charge is 2.11. The van der Waals surface area contributed by atoms with Crippen molar-refractivity contribution in [3.05, 3.63) is 48.3 Å². The molecule has 0 aliphatic carbocycles. The van der Waals surface area contributed by atoms with Crippen molar-refractivity contribution in [1.82, 2.24) is 15.1 Å². The molecule has 21 heavy (non-hydrogen) atoms. The van der Waals surface area contributed by atoms with Gasteiger partial charge in [-0.2, -0.15) is 4.98 Å². The fraction of sp³-hybridized carbons (Fsp3) is 0.188. The third-order valence-electron chi connectivity index (χ3n) is 3.23. The fourth-order valence-electron chi connectivity index (χ4n) is 2.02. The first-order valence-corrected chi connectivity index (χ1v) is 6.72. The smallest absolute Gasteiger partial charge is 0.259 e. The predicted octanol–water partition coefficient (Wildman–Crippen LogP) is 3.63. The lowest BCUT2D eigenvalue weighted by Gasteiger charge is -2.04. The Morgan fingerprint density at radius 3 is 2.48 bits per heavy atom. The Labute approximate surface area is 122 Å². The molecule has 0 saturated heterocycles. The maximum atomic E-state index is 9.43. The zero-order chi connectivity index (χ0) is 14.8. The van der Waals surface area contributed by atoms with Crippen LogP contribution in [0.25, 0.3) is 22.8 Å². The molecular weight excluding hydrogens is 266 g/mol. The molecule has 0 amide bonds.